The van der Waals surface area contributed by atoms with Crippen LogP contribution in [-0.2, 0) is 5.33 Å². The fraction of sp³-hybridized carbons (Fsp3) is 0.417. The normalized spacial score (nSPS) is 11.9. The van der Waals surface area contributed by atoms with Gasteiger partial charge in [-0.3, -0.25) is 0 Å². The van der Waals surface area contributed by atoms with E-state index in [1.807, 2.05) is 18.9 Å². The van der Waals surface area contributed by atoms with Gasteiger partial charge in [-0.15, -0.1) is 0 Å². The van der Waals surface area contributed by atoms with Crippen LogP contribution in [0.15, 0.2) is 18.2 Å². The third kappa shape index (κ3) is 2.96. The Morgan fingerprint density at radius 2 is 2.25 bits per heavy atom. The van der Waals surface area contributed by atoms with Gasteiger partial charge in [0.1, 0.15) is 5.82 Å². The van der Waals surface area contributed by atoms with Crippen LogP contribution in [0.4, 0.5) is 10.1 Å². The van der Waals surface area contributed by atoms with E-state index in [0.717, 1.165) is 11.3 Å². The summed E-state index contributed by atoms with van der Waals surface area (Å²) in [6, 6.07) is 6.96. The highest BCUT2D eigenvalue weighted by Gasteiger charge is 2.13. The van der Waals surface area contributed by atoms with Crippen molar-refractivity contribution in [3.63, 3.8) is 0 Å². The quantitative estimate of drug-likeness (QED) is 0.792. The molecule has 0 aliphatic heterocycles. The summed E-state index contributed by atoms with van der Waals surface area (Å²) in [4.78, 5) is 2.00. The molecule has 0 aliphatic carbocycles. The van der Waals surface area contributed by atoms with E-state index in [0.29, 0.717) is 11.8 Å². The number of nitriles is 1. The van der Waals surface area contributed by atoms with Crippen LogP contribution in [0.25, 0.3) is 0 Å². The lowest BCUT2D eigenvalue weighted by Crippen LogP contribution is -2.29. The first-order valence-corrected chi connectivity index (χ1v) is 6.16. The summed E-state index contributed by atoms with van der Waals surface area (Å²) in [5.41, 5.74) is 1.85. The third-order valence-electron chi connectivity index (χ3n) is 2.61. The van der Waals surface area contributed by atoms with Crippen molar-refractivity contribution < 1.29 is 4.39 Å². The monoisotopic (exact) mass is 284 g/mol. The fourth-order valence-electron chi connectivity index (χ4n) is 1.51. The van der Waals surface area contributed by atoms with Gasteiger partial charge < -0.3 is 4.90 Å². The summed E-state index contributed by atoms with van der Waals surface area (Å²) in [5.74, 6) is -0.237. The summed E-state index contributed by atoms with van der Waals surface area (Å²) in [7, 11) is 1.92. The number of halogens is 2. The summed E-state index contributed by atoms with van der Waals surface area (Å²) in [6.07, 6.45) is 0.454. The van der Waals surface area contributed by atoms with Crippen molar-refractivity contribution >= 4 is 21.6 Å². The lowest BCUT2D eigenvalue weighted by Gasteiger charge is -2.27. The van der Waals surface area contributed by atoms with Crippen molar-refractivity contribution in [2.75, 3.05) is 11.9 Å². The molecule has 0 saturated heterocycles. The molecule has 1 rings (SSSR count). The van der Waals surface area contributed by atoms with Gasteiger partial charge in [0.25, 0.3) is 0 Å². The topological polar surface area (TPSA) is 27.0 Å². The van der Waals surface area contributed by atoms with Gasteiger partial charge >= 0.3 is 0 Å². The van der Waals surface area contributed by atoms with Crippen molar-refractivity contribution in [2.45, 2.75) is 24.7 Å². The van der Waals surface area contributed by atoms with Crippen LogP contribution in [0.2, 0.25) is 0 Å². The number of anilines is 1. The van der Waals surface area contributed by atoms with Crippen molar-refractivity contribution in [2.24, 2.45) is 0 Å². The largest absolute Gasteiger partial charge is 0.371 e. The molecule has 1 unspecified atom stereocenters. The minimum Gasteiger partial charge on any atom is -0.371 e. The molecule has 0 radical (unpaired) electrons. The molecule has 4 heteroatoms. The van der Waals surface area contributed by atoms with Crippen LogP contribution >= 0.6 is 15.9 Å². The zero-order valence-electron chi connectivity index (χ0n) is 9.37. The summed E-state index contributed by atoms with van der Waals surface area (Å²) >= 11 is 3.34. The standard InChI is InChI=1S/C12H14BrFN2/c1-9(5-6-15)16(2)12-4-3-11(14)7-10(12)8-13/h3-4,7,9H,5,8H2,1-2H3. The van der Waals surface area contributed by atoms with Gasteiger partial charge in [0, 0.05) is 24.1 Å². The Hall–Kier alpha value is -1.08. The molecule has 0 fully saturated rings. The van der Waals surface area contributed by atoms with E-state index < -0.39 is 0 Å². The maximum absolute atomic E-state index is 13.1. The van der Waals surface area contributed by atoms with E-state index in [2.05, 4.69) is 22.0 Å². The van der Waals surface area contributed by atoms with Crippen molar-refractivity contribution in [1.29, 1.82) is 5.26 Å². The zero-order chi connectivity index (χ0) is 12.1. The molecule has 0 bridgehead atoms. The van der Waals surface area contributed by atoms with Crippen LogP contribution in [-0.4, -0.2) is 13.1 Å². The number of hydrogen-bond donors (Lipinski definition) is 0. The second-order valence-electron chi connectivity index (χ2n) is 3.73. The average molecular weight is 285 g/mol. The van der Waals surface area contributed by atoms with Gasteiger partial charge in [-0.1, -0.05) is 15.9 Å². The van der Waals surface area contributed by atoms with Crippen molar-refractivity contribution in [3.05, 3.63) is 29.6 Å². The highest BCUT2D eigenvalue weighted by molar-refractivity contribution is 9.08. The van der Waals surface area contributed by atoms with Gasteiger partial charge in [0.15, 0.2) is 0 Å². The summed E-state index contributed by atoms with van der Waals surface area (Å²) in [5, 5.41) is 9.26. The molecular formula is C12H14BrFN2. The SMILES string of the molecule is CC(CC#N)N(C)c1ccc(F)cc1CBr. The average Bonchev–Trinajstić information content (AvgIpc) is 2.28. The Bertz CT molecular complexity index is 400. The molecule has 86 valence electrons. The molecule has 0 N–H and O–H groups in total. The molecule has 0 spiro atoms. The van der Waals surface area contributed by atoms with E-state index in [4.69, 9.17) is 5.26 Å². The highest BCUT2D eigenvalue weighted by atomic mass is 79.9. The minimum atomic E-state index is -0.237. The summed E-state index contributed by atoms with van der Waals surface area (Å²) in [6.45, 7) is 1.98. The van der Waals surface area contributed by atoms with E-state index in [1.54, 1.807) is 6.07 Å². The first kappa shape index (κ1) is 13.0. The Morgan fingerprint density at radius 1 is 1.56 bits per heavy atom. The Balaban J connectivity index is 2.99. The van der Waals surface area contributed by atoms with Gasteiger partial charge in [0.05, 0.1) is 12.5 Å². The smallest absolute Gasteiger partial charge is 0.123 e. The Morgan fingerprint density at radius 3 is 2.81 bits per heavy atom. The molecule has 1 aromatic carbocycles. The van der Waals surface area contributed by atoms with Crippen molar-refractivity contribution in [3.8, 4) is 6.07 Å². The molecule has 16 heavy (non-hydrogen) atoms. The van der Waals surface area contributed by atoms with Gasteiger partial charge in [-0.05, 0) is 30.7 Å². The minimum absolute atomic E-state index is 0.119. The lowest BCUT2D eigenvalue weighted by atomic mass is 10.1. The lowest BCUT2D eigenvalue weighted by molar-refractivity contribution is 0.625. The molecule has 0 saturated carbocycles. The molecule has 2 nitrogen and oxygen atoms in total. The van der Waals surface area contributed by atoms with Crippen LogP contribution in [0.1, 0.15) is 18.9 Å². The summed E-state index contributed by atoms with van der Waals surface area (Å²) < 4.78 is 13.1. The van der Waals surface area contributed by atoms with E-state index >= 15 is 0 Å². The van der Waals surface area contributed by atoms with Crippen LogP contribution in [0.5, 0.6) is 0 Å². The third-order valence-corrected chi connectivity index (χ3v) is 3.22. The number of benzene rings is 1. The Labute approximate surface area is 104 Å². The predicted molar refractivity (Wildman–Crippen MR) is 67.1 cm³/mol. The number of hydrogen-bond acceptors (Lipinski definition) is 2. The van der Waals surface area contributed by atoms with Crippen LogP contribution in [0.3, 0.4) is 0 Å². The number of alkyl halides is 1. The van der Waals surface area contributed by atoms with E-state index in [9.17, 15) is 4.39 Å². The molecule has 0 aromatic heterocycles. The second kappa shape index (κ2) is 5.86. The van der Waals surface area contributed by atoms with Crippen LogP contribution in [0, 0.1) is 17.1 Å². The maximum atomic E-state index is 13.1. The molecule has 0 aliphatic rings. The second-order valence-corrected chi connectivity index (χ2v) is 4.29. The van der Waals surface area contributed by atoms with Gasteiger partial charge in [-0.25, -0.2) is 4.39 Å². The van der Waals surface area contributed by atoms with E-state index in [-0.39, 0.29) is 11.9 Å². The maximum Gasteiger partial charge on any atom is 0.123 e. The molecule has 0 heterocycles. The number of rotatable bonds is 4. The molecule has 1 atom stereocenters. The van der Waals surface area contributed by atoms with Crippen molar-refractivity contribution in [1.82, 2.24) is 0 Å². The van der Waals surface area contributed by atoms with E-state index in [1.165, 1.54) is 12.1 Å². The predicted octanol–water partition coefficient (Wildman–Crippen LogP) is 3.46. The highest BCUT2D eigenvalue weighted by Crippen LogP contribution is 2.25. The first-order chi connectivity index (χ1) is 7.60. The fourth-order valence-corrected chi connectivity index (χ4v) is 1.96. The molecular weight excluding hydrogens is 271 g/mol. The first-order valence-electron chi connectivity index (χ1n) is 5.04. The Kier molecular flexibility index (Phi) is 4.75. The van der Waals surface area contributed by atoms with Gasteiger partial charge in [0.2, 0.25) is 0 Å². The molecule has 0 amide bonds. The van der Waals surface area contributed by atoms with Crippen LogP contribution < -0.4 is 4.90 Å². The van der Waals surface area contributed by atoms with Gasteiger partial charge in [-0.2, -0.15) is 5.26 Å². The zero-order valence-corrected chi connectivity index (χ0v) is 11.0. The molecule has 1 aromatic rings. The number of nitrogens with zero attached hydrogens (tertiary/aromatic N) is 2.